The SMILES string of the molecule is C[C@@H]1C[NH+](C2CC[NH+](Cc3cccnc3)CC2)C[C@H](C)O1. The van der Waals surface area contributed by atoms with Gasteiger partial charge in [0.15, 0.2) is 0 Å². The summed E-state index contributed by atoms with van der Waals surface area (Å²) >= 11 is 0. The van der Waals surface area contributed by atoms with E-state index in [1.807, 2.05) is 18.5 Å². The topological polar surface area (TPSA) is 31.0 Å². The molecule has 0 aromatic carbocycles. The monoisotopic (exact) mass is 291 g/mol. The first-order chi connectivity index (χ1) is 10.2. The number of likely N-dealkylation sites (tertiary alicyclic amines) is 1. The van der Waals surface area contributed by atoms with Crippen molar-refractivity contribution in [2.24, 2.45) is 0 Å². The van der Waals surface area contributed by atoms with Crippen LogP contribution < -0.4 is 9.80 Å². The number of hydrogen-bond acceptors (Lipinski definition) is 2. The number of ether oxygens (including phenoxy) is 1. The predicted molar refractivity (Wildman–Crippen MR) is 82.4 cm³/mol. The highest BCUT2D eigenvalue weighted by molar-refractivity contribution is 5.06. The number of piperidine rings is 1. The first-order valence-electron chi connectivity index (χ1n) is 8.43. The molecule has 1 aromatic heterocycles. The van der Waals surface area contributed by atoms with Crippen molar-refractivity contribution in [2.45, 2.75) is 51.5 Å². The number of rotatable bonds is 3. The van der Waals surface area contributed by atoms with Crippen molar-refractivity contribution >= 4 is 0 Å². The van der Waals surface area contributed by atoms with Crippen molar-refractivity contribution in [3.8, 4) is 0 Å². The van der Waals surface area contributed by atoms with Gasteiger partial charge in [-0.3, -0.25) is 4.98 Å². The zero-order valence-electron chi connectivity index (χ0n) is 13.3. The van der Waals surface area contributed by atoms with Crippen LogP contribution in [-0.4, -0.2) is 49.4 Å². The van der Waals surface area contributed by atoms with Gasteiger partial charge in [-0.15, -0.1) is 0 Å². The summed E-state index contributed by atoms with van der Waals surface area (Å²) in [5.41, 5.74) is 1.37. The number of hydrogen-bond donors (Lipinski definition) is 2. The first kappa shape index (κ1) is 14.9. The van der Waals surface area contributed by atoms with Crippen molar-refractivity contribution in [1.29, 1.82) is 0 Å². The van der Waals surface area contributed by atoms with Crippen LogP contribution in [0.25, 0.3) is 0 Å². The number of morpholine rings is 1. The molecule has 4 nitrogen and oxygen atoms in total. The Morgan fingerprint density at radius 2 is 1.90 bits per heavy atom. The smallest absolute Gasteiger partial charge is 0.104 e. The van der Waals surface area contributed by atoms with E-state index >= 15 is 0 Å². The van der Waals surface area contributed by atoms with Gasteiger partial charge in [0, 0.05) is 30.8 Å². The average Bonchev–Trinajstić information content (AvgIpc) is 2.48. The van der Waals surface area contributed by atoms with Crippen LogP contribution in [-0.2, 0) is 11.3 Å². The fourth-order valence-electron chi connectivity index (χ4n) is 4.05. The molecule has 2 saturated heterocycles. The Labute approximate surface area is 128 Å². The van der Waals surface area contributed by atoms with Gasteiger partial charge in [0.05, 0.1) is 19.1 Å². The molecule has 1 unspecified atom stereocenters. The highest BCUT2D eigenvalue weighted by atomic mass is 16.5. The Morgan fingerprint density at radius 3 is 2.52 bits per heavy atom. The van der Waals surface area contributed by atoms with E-state index in [0.29, 0.717) is 12.2 Å². The lowest BCUT2D eigenvalue weighted by Gasteiger charge is -2.39. The number of nitrogens with one attached hydrogen (secondary N) is 2. The van der Waals surface area contributed by atoms with Gasteiger partial charge in [0.2, 0.25) is 0 Å². The molecule has 4 heteroatoms. The van der Waals surface area contributed by atoms with Crippen LogP contribution in [0, 0.1) is 0 Å². The molecule has 116 valence electrons. The minimum Gasteiger partial charge on any atom is -0.364 e. The zero-order chi connectivity index (χ0) is 14.7. The Hall–Kier alpha value is -0.970. The van der Waals surface area contributed by atoms with Crippen LogP contribution >= 0.6 is 0 Å². The minimum atomic E-state index is 0.421. The van der Waals surface area contributed by atoms with Crippen LogP contribution in [0.15, 0.2) is 24.5 Å². The zero-order valence-corrected chi connectivity index (χ0v) is 13.3. The maximum absolute atomic E-state index is 5.87. The second kappa shape index (κ2) is 6.86. The highest BCUT2D eigenvalue weighted by Gasteiger charge is 2.34. The van der Waals surface area contributed by atoms with Crippen molar-refractivity contribution < 1.29 is 14.5 Å². The van der Waals surface area contributed by atoms with Gasteiger partial charge >= 0.3 is 0 Å². The van der Waals surface area contributed by atoms with Gasteiger partial charge in [-0.25, -0.2) is 0 Å². The first-order valence-corrected chi connectivity index (χ1v) is 8.43. The molecule has 0 amide bonds. The van der Waals surface area contributed by atoms with Gasteiger partial charge in [-0.1, -0.05) is 6.07 Å². The molecule has 2 N–H and O–H groups in total. The van der Waals surface area contributed by atoms with Crippen molar-refractivity contribution in [2.75, 3.05) is 26.2 Å². The van der Waals surface area contributed by atoms with E-state index < -0.39 is 0 Å². The molecule has 2 aliphatic heterocycles. The van der Waals surface area contributed by atoms with Gasteiger partial charge in [0.1, 0.15) is 31.8 Å². The summed E-state index contributed by atoms with van der Waals surface area (Å²) in [5.74, 6) is 0. The third-order valence-corrected chi connectivity index (χ3v) is 5.01. The van der Waals surface area contributed by atoms with Crippen molar-refractivity contribution in [3.63, 3.8) is 0 Å². The lowest BCUT2D eigenvalue weighted by Crippen LogP contribution is -3.22. The van der Waals surface area contributed by atoms with E-state index in [-0.39, 0.29) is 0 Å². The molecule has 3 atom stereocenters. The summed E-state index contributed by atoms with van der Waals surface area (Å²) in [7, 11) is 0. The molecule has 1 aromatic rings. The quantitative estimate of drug-likeness (QED) is 0.773. The van der Waals surface area contributed by atoms with E-state index in [1.165, 1.54) is 44.6 Å². The fourth-order valence-corrected chi connectivity index (χ4v) is 4.05. The highest BCUT2D eigenvalue weighted by Crippen LogP contribution is 2.04. The lowest BCUT2D eigenvalue weighted by atomic mass is 10.0. The van der Waals surface area contributed by atoms with E-state index in [4.69, 9.17) is 4.74 Å². The maximum atomic E-state index is 5.87. The Morgan fingerprint density at radius 1 is 1.19 bits per heavy atom. The van der Waals surface area contributed by atoms with E-state index in [1.54, 1.807) is 9.80 Å². The largest absolute Gasteiger partial charge is 0.364 e. The average molecular weight is 291 g/mol. The molecule has 0 aliphatic carbocycles. The summed E-state index contributed by atoms with van der Waals surface area (Å²) < 4.78 is 5.87. The number of quaternary nitrogens is 2. The number of aromatic nitrogens is 1. The standard InChI is InChI=1S/C17H27N3O/c1-14-11-20(12-15(2)21-14)17-5-8-19(9-6-17)13-16-4-3-7-18-10-16/h3-4,7,10,14-15,17H,5-6,8-9,11-13H2,1-2H3/p+2/t14-,15+. The molecule has 0 spiro atoms. The van der Waals surface area contributed by atoms with Crippen LogP contribution in [0.3, 0.4) is 0 Å². The van der Waals surface area contributed by atoms with Crippen LogP contribution in [0.2, 0.25) is 0 Å². The summed E-state index contributed by atoms with van der Waals surface area (Å²) in [6, 6.07) is 5.08. The van der Waals surface area contributed by atoms with Crippen molar-refractivity contribution in [1.82, 2.24) is 4.98 Å². The minimum absolute atomic E-state index is 0.421. The molecule has 21 heavy (non-hydrogen) atoms. The normalized spacial score (nSPS) is 37.3. The second-order valence-corrected chi connectivity index (χ2v) is 6.89. The van der Waals surface area contributed by atoms with Gasteiger partial charge < -0.3 is 14.5 Å². The second-order valence-electron chi connectivity index (χ2n) is 6.89. The van der Waals surface area contributed by atoms with Gasteiger partial charge in [0.25, 0.3) is 0 Å². The van der Waals surface area contributed by atoms with Crippen molar-refractivity contribution in [3.05, 3.63) is 30.1 Å². The maximum Gasteiger partial charge on any atom is 0.104 e. The predicted octanol–water partition coefficient (Wildman–Crippen LogP) is -0.679. The molecular weight excluding hydrogens is 262 g/mol. The Bertz CT molecular complexity index is 421. The van der Waals surface area contributed by atoms with Crippen LogP contribution in [0.1, 0.15) is 32.3 Å². The molecule has 0 radical (unpaired) electrons. The van der Waals surface area contributed by atoms with Gasteiger partial charge in [-0.05, 0) is 19.9 Å². The number of pyridine rings is 1. The van der Waals surface area contributed by atoms with Crippen LogP contribution in [0.4, 0.5) is 0 Å². The van der Waals surface area contributed by atoms with Crippen LogP contribution in [0.5, 0.6) is 0 Å². The summed E-state index contributed by atoms with van der Waals surface area (Å²) in [4.78, 5) is 7.72. The third-order valence-electron chi connectivity index (χ3n) is 5.01. The van der Waals surface area contributed by atoms with E-state index in [9.17, 15) is 0 Å². The lowest BCUT2D eigenvalue weighted by molar-refractivity contribution is -0.970. The summed E-state index contributed by atoms with van der Waals surface area (Å²) in [5, 5.41) is 0. The molecule has 2 fully saturated rings. The molecule has 0 saturated carbocycles. The molecule has 3 heterocycles. The number of nitrogens with zero attached hydrogens (tertiary/aromatic N) is 1. The summed E-state index contributed by atoms with van der Waals surface area (Å²) in [6.45, 7) is 10.5. The summed E-state index contributed by atoms with van der Waals surface area (Å²) in [6.07, 6.45) is 7.41. The molecule has 2 aliphatic rings. The molecular formula is C17H29N3O+2. The van der Waals surface area contributed by atoms with Gasteiger partial charge in [-0.2, -0.15) is 0 Å². The Kier molecular flexibility index (Phi) is 4.88. The van der Waals surface area contributed by atoms with E-state index in [2.05, 4.69) is 24.9 Å². The third kappa shape index (κ3) is 4.02. The fraction of sp³-hybridized carbons (Fsp3) is 0.706. The molecule has 3 rings (SSSR count). The molecule has 0 bridgehead atoms. The van der Waals surface area contributed by atoms with E-state index in [0.717, 1.165) is 12.6 Å². The Balaban J connectivity index is 1.48.